The number of halogens is 1. The summed E-state index contributed by atoms with van der Waals surface area (Å²) in [5.41, 5.74) is 16.7. The minimum Gasteiger partial charge on any atom is -0.368 e. The number of amides is 1. The van der Waals surface area contributed by atoms with Gasteiger partial charge >= 0.3 is 0 Å². The lowest BCUT2D eigenvalue weighted by atomic mass is 9.95. The molecule has 2 aromatic heterocycles. The standard InChI is InChI=1S/C28H32FN7O/c29-11-13-36-25-6-2-1-5-24(25)34-27(36)21-4-3-12-35(18-21)26(37)15-23(30)14-19-7-9-20(10-8-19)22-16-32-28(31)33-17-22/h1-2,5-10,16-17,21,23H,3-4,11-15,18,30H2,(H2,31,32,33)/t21-,23-/m1/s1. The van der Waals surface area contributed by atoms with Crippen molar-refractivity contribution in [3.8, 4) is 11.1 Å². The molecule has 2 aromatic carbocycles. The second kappa shape index (κ2) is 11.0. The van der Waals surface area contributed by atoms with Crippen LogP contribution >= 0.6 is 0 Å². The van der Waals surface area contributed by atoms with Crippen LogP contribution in [0.5, 0.6) is 0 Å². The Morgan fingerprint density at radius 2 is 1.84 bits per heavy atom. The predicted molar refractivity (Wildman–Crippen MR) is 142 cm³/mol. The van der Waals surface area contributed by atoms with Crippen LogP contribution in [0.15, 0.2) is 60.9 Å². The van der Waals surface area contributed by atoms with Crippen molar-refractivity contribution in [1.29, 1.82) is 0 Å². The fourth-order valence-electron chi connectivity index (χ4n) is 5.19. The molecule has 4 aromatic rings. The van der Waals surface area contributed by atoms with Crippen LogP contribution in [0.1, 0.15) is 36.6 Å². The van der Waals surface area contributed by atoms with Gasteiger partial charge in [0.2, 0.25) is 11.9 Å². The number of piperidine rings is 1. The number of carbonyl (C=O) groups is 1. The molecular formula is C28H32FN7O. The number of benzene rings is 2. The lowest BCUT2D eigenvalue weighted by molar-refractivity contribution is -0.132. The van der Waals surface area contributed by atoms with Gasteiger partial charge in [-0.3, -0.25) is 4.79 Å². The van der Waals surface area contributed by atoms with Crippen molar-refractivity contribution in [3.05, 3.63) is 72.3 Å². The molecule has 1 fully saturated rings. The zero-order chi connectivity index (χ0) is 25.8. The molecule has 2 atom stereocenters. The van der Waals surface area contributed by atoms with Crippen LogP contribution in [0.2, 0.25) is 0 Å². The zero-order valence-electron chi connectivity index (χ0n) is 20.8. The number of likely N-dealkylation sites (tertiary alicyclic amines) is 1. The summed E-state index contributed by atoms with van der Waals surface area (Å²) in [5, 5.41) is 0. The SMILES string of the molecule is Nc1ncc(-c2ccc(C[C@@H](N)CC(=O)N3CCC[C@@H](c4nc5ccccc5n4CCF)C3)cc2)cn1. The molecule has 192 valence electrons. The van der Waals surface area contributed by atoms with Crippen molar-refractivity contribution in [2.75, 3.05) is 25.5 Å². The Bertz CT molecular complexity index is 1350. The molecule has 3 heterocycles. The number of rotatable bonds is 8. The highest BCUT2D eigenvalue weighted by Gasteiger charge is 2.29. The van der Waals surface area contributed by atoms with E-state index >= 15 is 0 Å². The number of nitrogen functional groups attached to an aromatic ring is 1. The van der Waals surface area contributed by atoms with E-state index in [1.807, 2.05) is 58.0 Å². The summed E-state index contributed by atoms with van der Waals surface area (Å²) < 4.78 is 15.3. The van der Waals surface area contributed by atoms with E-state index in [2.05, 4.69) is 9.97 Å². The number of hydrogen-bond acceptors (Lipinski definition) is 6. The van der Waals surface area contributed by atoms with Crippen molar-refractivity contribution < 1.29 is 9.18 Å². The highest BCUT2D eigenvalue weighted by Crippen LogP contribution is 2.30. The number of aryl methyl sites for hydroxylation is 1. The van der Waals surface area contributed by atoms with Gasteiger partial charge in [0.15, 0.2) is 0 Å². The number of nitrogens with two attached hydrogens (primary N) is 2. The first-order chi connectivity index (χ1) is 18.0. The maximum absolute atomic E-state index is 13.3. The molecule has 0 saturated carbocycles. The summed E-state index contributed by atoms with van der Waals surface area (Å²) in [6.45, 7) is 1.12. The van der Waals surface area contributed by atoms with E-state index in [9.17, 15) is 9.18 Å². The number of para-hydroxylation sites is 2. The number of carbonyl (C=O) groups excluding carboxylic acids is 1. The predicted octanol–water partition coefficient (Wildman–Crippen LogP) is 3.71. The number of anilines is 1. The van der Waals surface area contributed by atoms with E-state index in [0.29, 0.717) is 19.5 Å². The Balaban J connectivity index is 1.21. The summed E-state index contributed by atoms with van der Waals surface area (Å²) >= 11 is 0. The van der Waals surface area contributed by atoms with Gasteiger partial charge in [0, 0.05) is 49.4 Å². The first-order valence-corrected chi connectivity index (χ1v) is 12.7. The van der Waals surface area contributed by atoms with Gasteiger partial charge in [-0.1, -0.05) is 36.4 Å². The quantitative estimate of drug-likeness (QED) is 0.380. The smallest absolute Gasteiger partial charge is 0.224 e. The normalized spacial score (nSPS) is 16.7. The maximum Gasteiger partial charge on any atom is 0.224 e. The molecule has 0 spiro atoms. The van der Waals surface area contributed by atoms with Crippen LogP contribution in [-0.4, -0.2) is 56.1 Å². The molecule has 1 saturated heterocycles. The lowest BCUT2D eigenvalue weighted by Gasteiger charge is -2.33. The van der Waals surface area contributed by atoms with Gasteiger partial charge < -0.3 is 20.9 Å². The number of alkyl halides is 1. The molecular weight excluding hydrogens is 469 g/mol. The minimum absolute atomic E-state index is 0.0565. The molecule has 1 aliphatic rings. The van der Waals surface area contributed by atoms with E-state index in [1.54, 1.807) is 12.4 Å². The van der Waals surface area contributed by atoms with Crippen LogP contribution in [0.25, 0.3) is 22.2 Å². The van der Waals surface area contributed by atoms with Gasteiger partial charge in [0.25, 0.3) is 0 Å². The van der Waals surface area contributed by atoms with Gasteiger partial charge in [-0.25, -0.2) is 19.3 Å². The van der Waals surface area contributed by atoms with Gasteiger partial charge in [0.05, 0.1) is 17.6 Å². The maximum atomic E-state index is 13.3. The fourth-order valence-corrected chi connectivity index (χ4v) is 5.19. The second-order valence-electron chi connectivity index (χ2n) is 9.67. The lowest BCUT2D eigenvalue weighted by Crippen LogP contribution is -2.42. The average molecular weight is 502 g/mol. The van der Waals surface area contributed by atoms with Crippen molar-refractivity contribution in [2.45, 2.75) is 44.2 Å². The van der Waals surface area contributed by atoms with Crippen LogP contribution in [0, 0.1) is 0 Å². The molecule has 9 heteroatoms. The van der Waals surface area contributed by atoms with Crippen LogP contribution in [0.4, 0.5) is 10.3 Å². The van der Waals surface area contributed by atoms with Gasteiger partial charge in [-0.2, -0.15) is 0 Å². The molecule has 1 aliphatic heterocycles. The summed E-state index contributed by atoms with van der Waals surface area (Å²) in [7, 11) is 0. The van der Waals surface area contributed by atoms with Crippen molar-refractivity contribution in [1.82, 2.24) is 24.4 Å². The molecule has 0 unspecified atom stereocenters. The Morgan fingerprint density at radius 3 is 2.59 bits per heavy atom. The Kier molecular flexibility index (Phi) is 7.41. The minimum atomic E-state index is -0.452. The monoisotopic (exact) mass is 501 g/mol. The number of hydrogen-bond donors (Lipinski definition) is 2. The number of imidazole rings is 1. The van der Waals surface area contributed by atoms with Crippen molar-refractivity contribution in [3.63, 3.8) is 0 Å². The van der Waals surface area contributed by atoms with E-state index in [1.165, 1.54) is 0 Å². The third-order valence-electron chi connectivity index (χ3n) is 7.03. The first kappa shape index (κ1) is 24.8. The summed E-state index contributed by atoms with van der Waals surface area (Å²) in [5.74, 6) is 1.25. The van der Waals surface area contributed by atoms with E-state index in [4.69, 9.17) is 16.5 Å². The molecule has 0 aliphatic carbocycles. The Labute approximate surface area is 215 Å². The largest absolute Gasteiger partial charge is 0.368 e. The highest BCUT2D eigenvalue weighted by atomic mass is 19.1. The van der Waals surface area contributed by atoms with Gasteiger partial charge in [-0.15, -0.1) is 0 Å². The van der Waals surface area contributed by atoms with E-state index in [-0.39, 0.29) is 36.8 Å². The summed E-state index contributed by atoms with van der Waals surface area (Å²) in [4.78, 5) is 27.9. The van der Waals surface area contributed by atoms with Gasteiger partial charge in [0.1, 0.15) is 12.5 Å². The molecule has 4 N–H and O–H groups in total. The fraction of sp³-hybridized carbons (Fsp3) is 0.357. The van der Waals surface area contributed by atoms with Crippen LogP contribution < -0.4 is 11.5 Å². The van der Waals surface area contributed by atoms with Crippen molar-refractivity contribution >= 4 is 22.9 Å². The zero-order valence-corrected chi connectivity index (χ0v) is 20.8. The third-order valence-corrected chi connectivity index (χ3v) is 7.03. The average Bonchev–Trinajstić information content (AvgIpc) is 3.28. The topological polar surface area (TPSA) is 116 Å². The van der Waals surface area contributed by atoms with Crippen LogP contribution in [0.3, 0.4) is 0 Å². The van der Waals surface area contributed by atoms with E-state index < -0.39 is 6.67 Å². The second-order valence-corrected chi connectivity index (χ2v) is 9.67. The molecule has 0 radical (unpaired) electrons. The Hall–Kier alpha value is -3.85. The first-order valence-electron chi connectivity index (χ1n) is 12.7. The molecule has 5 rings (SSSR count). The van der Waals surface area contributed by atoms with Gasteiger partial charge in [-0.05, 0) is 42.5 Å². The van der Waals surface area contributed by atoms with E-state index in [0.717, 1.165) is 46.4 Å². The number of fused-ring (bicyclic) bond motifs is 1. The molecule has 0 bridgehead atoms. The molecule has 1 amide bonds. The highest BCUT2D eigenvalue weighted by molar-refractivity contribution is 5.78. The third kappa shape index (κ3) is 5.61. The summed E-state index contributed by atoms with van der Waals surface area (Å²) in [6.07, 6.45) is 6.09. The van der Waals surface area contributed by atoms with Crippen molar-refractivity contribution in [2.24, 2.45) is 5.73 Å². The number of nitrogens with zero attached hydrogens (tertiary/aromatic N) is 5. The molecule has 37 heavy (non-hydrogen) atoms. The molecule has 8 nitrogen and oxygen atoms in total. The van der Waals surface area contributed by atoms with Crippen LogP contribution in [-0.2, 0) is 17.8 Å². The summed E-state index contributed by atoms with van der Waals surface area (Å²) in [6, 6.07) is 15.6. The Morgan fingerprint density at radius 1 is 1.08 bits per heavy atom. The number of aromatic nitrogens is 4.